The van der Waals surface area contributed by atoms with Crippen LogP contribution in [-0.2, 0) is 31.4 Å². The van der Waals surface area contributed by atoms with Gasteiger partial charge in [-0.1, -0.05) is 48.9 Å². The predicted octanol–water partition coefficient (Wildman–Crippen LogP) is 6.20. The van der Waals surface area contributed by atoms with Crippen LogP contribution in [0.5, 0.6) is 0 Å². The summed E-state index contributed by atoms with van der Waals surface area (Å²) < 4.78 is 1.76. The fourth-order valence-corrected chi connectivity index (χ4v) is 6.35. The van der Waals surface area contributed by atoms with Gasteiger partial charge < -0.3 is 5.11 Å². The van der Waals surface area contributed by atoms with Gasteiger partial charge in [0.2, 0.25) is 0 Å². The van der Waals surface area contributed by atoms with Crippen LogP contribution in [0.1, 0.15) is 78.6 Å². The molecule has 0 fully saturated rings. The van der Waals surface area contributed by atoms with Crippen LogP contribution in [0.25, 0.3) is 11.0 Å². The molecule has 2 aromatic heterocycles. The Hall–Kier alpha value is -3.58. The lowest BCUT2D eigenvalue weighted by molar-refractivity contribution is -0.147. The van der Waals surface area contributed by atoms with Crippen molar-refractivity contribution in [2.24, 2.45) is 18.4 Å². The molecule has 4 aromatic rings. The van der Waals surface area contributed by atoms with E-state index < -0.39 is 11.4 Å². The van der Waals surface area contributed by atoms with Gasteiger partial charge in [-0.15, -0.1) is 5.10 Å². The van der Waals surface area contributed by atoms with E-state index in [9.17, 15) is 9.90 Å². The minimum atomic E-state index is -1.04. The molecule has 5 rings (SSSR count). The van der Waals surface area contributed by atoms with Crippen LogP contribution in [0, 0.1) is 25.2 Å². The first-order valence-corrected chi connectivity index (χ1v) is 14.4. The molecule has 1 aliphatic heterocycles. The lowest BCUT2D eigenvalue weighted by Crippen LogP contribution is -2.33. The van der Waals surface area contributed by atoms with Crippen LogP contribution in [0.4, 0.5) is 0 Å². The summed E-state index contributed by atoms with van der Waals surface area (Å²) in [5.41, 5.74) is 8.68. The smallest absolute Gasteiger partial charge is 0.310 e. The highest BCUT2D eigenvalue weighted by atomic mass is 16.4. The maximum atomic E-state index is 12.7. The number of benzene rings is 2. The van der Waals surface area contributed by atoms with Crippen molar-refractivity contribution in [3.8, 4) is 0 Å². The van der Waals surface area contributed by atoms with Crippen LogP contribution >= 0.6 is 0 Å². The molecule has 0 saturated heterocycles. The molecule has 210 valence electrons. The summed E-state index contributed by atoms with van der Waals surface area (Å²) in [6.07, 6.45) is 5.24. The Morgan fingerprint density at radius 1 is 1.18 bits per heavy atom. The molecule has 2 aromatic carbocycles. The number of carbonyl (C=O) groups is 1. The standard InChI is InChI=1S/C33H41N5O2/c1-7-23-11-14-28-25(9-8-16-34-28)19-38(18-23)20-26-17-24(12-10-21(26)2)30(33(4,5)32(39)40)27-13-15-29-31(22(27)3)35-36-37(29)6/h8-10,12-13,15-17,23,30H,7,11,14,18-20H2,1-6H3,(H,39,40)/t23-,30?/m0/s1. The van der Waals surface area contributed by atoms with Gasteiger partial charge in [-0.2, -0.15) is 0 Å². The Balaban J connectivity index is 1.56. The van der Waals surface area contributed by atoms with Crippen molar-refractivity contribution < 1.29 is 9.90 Å². The zero-order chi connectivity index (χ0) is 28.6. The normalized spacial score (nSPS) is 17.3. The van der Waals surface area contributed by atoms with E-state index in [0.29, 0.717) is 5.92 Å². The summed E-state index contributed by atoms with van der Waals surface area (Å²) in [7, 11) is 1.88. The van der Waals surface area contributed by atoms with Gasteiger partial charge in [0.15, 0.2) is 0 Å². The Labute approximate surface area is 237 Å². The third kappa shape index (κ3) is 5.27. The van der Waals surface area contributed by atoms with Crippen molar-refractivity contribution in [1.29, 1.82) is 0 Å². The molecule has 0 bridgehead atoms. The number of hydrogen-bond donors (Lipinski definition) is 1. The molecule has 0 amide bonds. The summed E-state index contributed by atoms with van der Waals surface area (Å²) in [5.74, 6) is -0.549. The van der Waals surface area contributed by atoms with E-state index in [1.165, 1.54) is 22.4 Å². The number of aryl methyl sites for hydroxylation is 4. The first kappa shape index (κ1) is 28.0. The first-order chi connectivity index (χ1) is 19.1. The summed E-state index contributed by atoms with van der Waals surface area (Å²) in [5, 5.41) is 19.0. The number of hydrogen-bond acceptors (Lipinski definition) is 5. The molecule has 1 aliphatic rings. The van der Waals surface area contributed by atoms with Crippen molar-refractivity contribution in [2.45, 2.75) is 72.9 Å². The van der Waals surface area contributed by atoms with Gasteiger partial charge in [-0.3, -0.25) is 14.7 Å². The molecule has 3 heterocycles. The van der Waals surface area contributed by atoms with Crippen molar-refractivity contribution in [3.63, 3.8) is 0 Å². The van der Waals surface area contributed by atoms with E-state index in [1.54, 1.807) is 4.68 Å². The van der Waals surface area contributed by atoms with Gasteiger partial charge in [-0.25, -0.2) is 4.68 Å². The van der Waals surface area contributed by atoms with E-state index in [0.717, 1.165) is 66.6 Å². The van der Waals surface area contributed by atoms with Crippen LogP contribution < -0.4 is 0 Å². The van der Waals surface area contributed by atoms with E-state index in [-0.39, 0.29) is 5.92 Å². The Morgan fingerprint density at radius 2 is 1.98 bits per heavy atom. The van der Waals surface area contributed by atoms with Gasteiger partial charge in [0.05, 0.1) is 10.9 Å². The number of carboxylic acid groups (broad SMARTS) is 1. The maximum absolute atomic E-state index is 12.7. The number of pyridine rings is 1. The topological polar surface area (TPSA) is 84.1 Å². The molecule has 1 N–H and O–H groups in total. The molecule has 0 radical (unpaired) electrons. The highest BCUT2D eigenvalue weighted by Crippen LogP contribution is 2.44. The van der Waals surface area contributed by atoms with E-state index >= 15 is 0 Å². The molecule has 2 atom stereocenters. The molecule has 40 heavy (non-hydrogen) atoms. The zero-order valence-corrected chi connectivity index (χ0v) is 24.6. The van der Waals surface area contributed by atoms with Gasteiger partial charge in [0.25, 0.3) is 0 Å². The predicted molar refractivity (Wildman–Crippen MR) is 158 cm³/mol. The highest BCUT2D eigenvalue weighted by Gasteiger charge is 2.40. The van der Waals surface area contributed by atoms with Crippen LogP contribution in [0.3, 0.4) is 0 Å². The molecule has 7 nitrogen and oxygen atoms in total. The summed E-state index contributed by atoms with van der Waals surface area (Å²) >= 11 is 0. The summed E-state index contributed by atoms with van der Waals surface area (Å²) in [6.45, 7) is 12.9. The van der Waals surface area contributed by atoms with Crippen molar-refractivity contribution in [3.05, 3.63) is 87.7 Å². The van der Waals surface area contributed by atoms with E-state index in [4.69, 9.17) is 4.98 Å². The largest absolute Gasteiger partial charge is 0.481 e. The Morgan fingerprint density at radius 3 is 2.73 bits per heavy atom. The quantitative estimate of drug-likeness (QED) is 0.301. The number of nitrogens with zero attached hydrogens (tertiary/aromatic N) is 5. The number of aliphatic carboxylic acids is 1. The number of rotatable bonds is 7. The second-order valence-corrected chi connectivity index (χ2v) is 12.1. The third-order valence-electron chi connectivity index (χ3n) is 9.03. The average molecular weight is 540 g/mol. The Kier molecular flexibility index (Phi) is 7.78. The lowest BCUT2D eigenvalue weighted by Gasteiger charge is -2.34. The highest BCUT2D eigenvalue weighted by molar-refractivity contribution is 5.81. The summed E-state index contributed by atoms with van der Waals surface area (Å²) in [4.78, 5) is 19.9. The number of aromatic nitrogens is 4. The minimum Gasteiger partial charge on any atom is -0.481 e. The molecule has 0 spiro atoms. The lowest BCUT2D eigenvalue weighted by atomic mass is 9.69. The van der Waals surface area contributed by atoms with Gasteiger partial charge in [-0.05, 0) is 92.0 Å². The van der Waals surface area contributed by atoms with Crippen molar-refractivity contribution >= 4 is 17.0 Å². The van der Waals surface area contributed by atoms with Crippen molar-refractivity contribution in [1.82, 2.24) is 24.9 Å². The molecule has 7 heteroatoms. The molecular weight excluding hydrogens is 498 g/mol. The average Bonchev–Trinajstić information content (AvgIpc) is 3.30. The zero-order valence-electron chi connectivity index (χ0n) is 24.6. The van der Waals surface area contributed by atoms with Crippen molar-refractivity contribution in [2.75, 3.05) is 6.54 Å². The number of fused-ring (bicyclic) bond motifs is 2. The first-order valence-electron chi connectivity index (χ1n) is 14.4. The van der Waals surface area contributed by atoms with Gasteiger partial charge in [0, 0.05) is 44.5 Å². The Bertz CT molecular complexity index is 1540. The molecule has 1 unspecified atom stereocenters. The fourth-order valence-electron chi connectivity index (χ4n) is 6.35. The maximum Gasteiger partial charge on any atom is 0.310 e. The van der Waals surface area contributed by atoms with Crippen LogP contribution in [0.2, 0.25) is 0 Å². The second kappa shape index (κ2) is 11.1. The fraction of sp³-hybridized carbons (Fsp3) is 0.455. The molecular formula is C33H41N5O2. The van der Waals surface area contributed by atoms with Gasteiger partial charge >= 0.3 is 5.97 Å². The number of carboxylic acids is 1. The van der Waals surface area contributed by atoms with Gasteiger partial charge in [0.1, 0.15) is 5.52 Å². The minimum absolute atomic E-state index is 0.351. The SMILES string of the molecule is CC[C@H]1CCc2ncccc2CN(Cc2cc(C(c3ccc4c(nnn4C)c3C)C(C)(C)C(=O)O)ccc2C)C1. The summed E-state index contributed by atoms with van der Waals surface area (Å²) in [6, 6.07) is 14.8. The van der Waals surface area contributed by atoms with E-state index in [2.05, 4.69) is 59.4 Å². The second-order valence-electron chi connectivity index (χ2n) is 12.1. The van der Waals surface area contributed by atoms with E-state index in [1.807, 2.05) is 46.1 Å². The molecule has 0 saturated carbocycles. The van der Waals surface area contributed by atoms with Crippen LogP contribution in [-0.4, -0.2) is 42.5 Å². The monoisotopic (exact) mass is 539 g/mol. The third-order valence-corrected chi connectivity index (χ3v) is 9.03. The molecule has 0 aliphatic carbocycles. The van der Waals surface area contributed by atoms with Crippen LogP contribution in [0.15, 0.2) is 48.7 Å².